The second kappa shape index (κ2) is 7.53. The fourth-order valence-electron chi connectivity index (χ4n) is 2.48. The van der Waals surface area contributed by atoms with Crippen molar-refractivity contribution in [3.05, 3.63) is 28.2 Å². The molecule has 0 aromatic carbocycles. The van der Waals surface area contributed by atoms with Crippen LogP contribution in [-0.4, -0.2) is 41.4 Å². The van der Waals surface area contributed by atoms with Gasteiger partial charge in [-0.05, 0) is 18.9 Å². The number of piperidine rings is 1. The van der Waals surface area contributed by atoms with E-state index >= 15 is 0 Å². The summed E-state index contributed by atoms with van der Waals surface area (Å²) < 4.78 is 12.7. The van der Waals surface area contributed by atoms with Gasteiger partial charge in [0.25, 0.3) is 5.56 Å². The van der Waals surface area contributed by atoms with Crippen molar-refractivity contribution in [1.82, 2.24) is 9.47 Å². The third-order valence-corrected chi connectivity index (χ3v) is 4.02. The van der Waals surface area contributed by atoms with Crippen LogP contribution in [0.25, 0.3) is 0 Å². The van der Waals surface area contributed by atoms with Crippen molar-refractivity contribution in [3.63, 3.8) is 0 Å². The second-order valence-electron chi connectivity index (χ2n) is 6.50. The molecule has 2 rings (SSSR count). The molecule has 0 radical (unpaired) electrons. The van der Waals surface area contributed by atoms with Crippen molar-refractivity contribution in [1.29, 1.82) is 0 Å². The normalized spacial score (nSPS) is 15.8. The summed E-state index contributed by atoms with van der Waals surface area (Å²) in [6, 6.07) is 3.38. The van der Waals surface area contributed by atoms with Gasteiger partial charge in [-0.25, -0.2) is 4.79 Å². The van der Waals surface area contributed by atoms with Crippen molar-refractivity contribution >= 4 is 6.09 Å². The van der Waals surface area contributed by atoms with E-state index in [9.17, 15) is 9.59 Å². The number of hydrogen-bond donors (Lipinski definition) is 0. The second-order valence-corrected chi connectivity index (χ2v) is 6.50. The zero-order valence-electron chi connectivity index (χ0n) is 14.4. The first-order chi connectivity index (χ1) is 10.9. The van der Waals surface area contributed by atoms with Crippen molar-refractivity contribution in [3.8, 4) is 5.75 Å². The smallest absolute Gasteiger partial charge is 0.409 e. The SMILES string of the molecule is Cc1cc(OC2CCN(C(=O)OCC(C)C)CC2)cc(=O)n1C. The molecule has 1 amide bonds. The lowest BCUT2D eigenvalue weighted by atomic mass is 10.1. The monoisotopic (exact) mass is 322 g/mol. The summed E-state index contributed by atoms with van der Waals surface area (Å²) >= 11 is 0. The standard InChI is InChI=1S/C17H26N2O4/c1-12(2)11-22-17(21)19-7-5-14(6-8-19)23-15-9-13(3)18(4)16(20)10-15/h9-10,12,14H,5-8,11H2,1-4H3. The maximum absolute atomic E-state index is 11.9. The number of carbonyl (C=O) groups excluding carboxylic acids is 1. The highest BCUT2D eigenvalue weighted by Crippen LogP contribution is 2.19. The molecular formula is C17H26N2O4. The van der Waals surface area contributed by atoms with Crippen LogP contribution >= 0.6 is 0 Å². The van der Waals surface area contributed by atoms with Crippen LogP contribution in [0.2, 0.25) is 0 Å². The number of hydrogen-bond acceptors (Lipinski definition) is 4. The predicted molar refractivity (Wildman–Crippen MR) is 87.8 cm³/mol. The Bertz CT molecular complexity index is 601. The minimum absolute atomic E-state index is 0.0238. The first kappa shape index (κ1) is 17.4. The molecule has 0 aliphatic carbocycles. The Hall–Kier alpha value is -1.98. The molecule has 128 valence electrons. The fraction of sp³-hybridized carbons (Fsp3) is 0.647. The largest absolute Gasteiger partial charge is 0.490 e. The molecule has 6 heteroatoms. The molecule has 1 aliphatic heterocycles. The van der Waals surface area contributed by atoms with E-state index < -0.39 is 0 Å². The van der Waals surface area contributed by atoms with Gasteiger partial charge in [-0.15, -0.1) is 0 Å². The van der Waals surface area contributed by atoms with Gasteiger partial charge in [0.2, 0.25) is 0 Å². The molecule has 0 bridgehead atoms. The average Bonchev–Trinajstić information content (AvgIpc) is 2.51. The minimum atomic E-state index is -0.249. The third-order valence-electron chi connectivity index (χ3n) is 4.02. The lowest BCUT2D eigenvalue weighted by Crippen LogP contribution is -2.42. The maximum atomic E-state index is 11.9. The Morgan fingerprint density at radius 2 is 1.96 bits per heavy atom. The molecule has 6 nitrogen and oxygen atoms in total. The number of carbonyl (C=O) groups is 1. The number of ether oxygens (including phenoxy) is 2. The molecule has 1 aromatic heterocycles. The van der Waals surface area contributed by atoms with Crippen LogP contribution in [0.4, 0.5) is 4.79 Å². The van der Waals surface area contributed by atoms with Crippen LogP contribution in [0.15, 0.2) is 16.9 Å². The van der Waals surface area contributed by atoms with E-state index in [2.05, 4.69) is 0 Å². The molecule has 1 saturated heterocycles. The van der Waals surface area contributed by atoms with Crippen molar-refractivity contribution in [2.24, 2.45) is 13.0 Å². The highest BCUT2D eigenvalue weighted by molar-refractivity contribution is 5.67. The lowest BCUT2D eigenvalue weighted by Gasteiger charge is -2.31. The first-order valence-corrected chi connectivity index (χ1v) is 8.13. The topological polar surface area (TPSA) is 60.8 Å². The number of aromatic nitrogens is 1. The molecule has 23 heavy (non-hydrogen) atoms. The quantitative estimate of drug-likeness (QED) is 0.853. The van der Waals surface area contributed by atoms with Crippen LogP contribution in [-0.2, 0) is 11.8 Å². The van der Waals surface area contributed by atoms with Crippen LogP contribution in [0, 0.1) is 12.8 Å². The van der Waals surface area contributed by atoms with Gasteiger partial charge in [-0.3, -0.25) is 4.79 Å². The number of nitrogens with zero attached hydrogens (tertiary/aromatic N) is 2. The van der Waals surface area contributed by atoms with Gasteiger partial charge in [-0.1, -0.05) is 13.8 Å². The molecule has 0 atom stereocenters. The number of likely N-dealkylation sites (tertiary alicyclic amines) is 1. The van der Waals surface area contributed by atoms with Crippen molar-refractivity contribution in [2.75, 3.05) is 19.7 Å². The summed E-state index contributed by atoms with van der Waals surface area (Å²) in [6.07, 6.45) is 1.26. The summed E-state index contributed by atoms with van der Waals surface area (Å²) in [5.41, 5.74) is 0.789. The van der Waals surface area contributed by atoms with E-state index in [1.807, 2.05) is 26.8 Å². The van der Waals surface area contributed by atoms with Gasteiger partial charge in [0.1, 0.15) is 11.9 Å². The fourth-order valence-corrected chi connectivity index (χ4v) is 2.48. The third kappa shape index (κ3) is 4.74. The van der Waals surface area contributed by atoms with Gasteiger partial charge < -0.3 is 18.9 Å². The van der Waals surface area contributed by atoms with Crippen LogP contribution in [0.5, 0.6) is 5.75 Å². The summed E-state index contributed by atoms with van der Waals surface area (Å²) in [6.45, 7) is 7.58. The molecule has 1 fully saturated rings. The van der Waals surface area contributed by atoms with Gasteiger partial charge in [0, 0.05) is 44.7 Å². The maximum Gasteiger partial charge on any atom is 0.409 e. The Kier molecular flexibility index (Phi) is 5.69. The van der Waals surface area contributed by atoms with E-state index in [-0.39, 0.29) is 17.8 Å². The zero-order chi connectivity index (χ0) is 17.0. The molecule has 0 saturated carbocycles. The average molecular weight is 322 g/mol. The van der Waals surface area contributed by atoms with E-state index in [0.29, 0.717) is 31.4 Å². The summed E-state index contributed by atoms with van der Waals surface area (Å²) in [4.78, 5) is 25.4. The van der Waals surface area contributed by atoms with E-state index in [4.69, 9.17) is 9.47 Å². The Morgan fingerprint density at radius 3 is 2.52 bits per heavy atom. The Balaban J connectivity index is 1.85. The molecule has 1 aliphatic rings. The van der Waals surface area contributed by atoms with Crippen molar-refractivity contribution in [2.45, 2.75) is 39.7 Å². The molecular weight excluding hydrogens is 296 g/mol. The van der Waals surface area contributed by atoms with Gasteiger partial charge in [0.15, 0.2) is 0 Å². The molecule has 0 N–H and O–H groups in total. The predicted octanol–water partition coefficient (Wildman–Crippen LogP) is 2.33. The highest BCUT2D eigenvalue weighted by Gasteiger charge is 2.25. The van der Waals surface area contributed by atoms with Gasteiger partial charge in [0.05, 0.1) is 6.61 Å². The zero-order valence-corrected chi connectivity index (χ0v) is 14.4. The van der Waals surface area contributed by atoms with Crippen molar-refractivity contribution < 1.29 is 14.3 Å². The molecule has 1 aromatic rings. The number of rotatable bonds is 4. The highest BCUT2D eigenvalue weighted by atomic mass is 16.6. The number of aryl methyl sites for hydroxylation is 1. The van der Waals surface area contributed by atoms with Gasteiger partial charge in [-0.2, -0.15) is 0 Å². The summed E-state index contributed by atoms with van der Waals surface area (Å²) in [5, 5.41) is 0. The molecule has 0 unspecified atom stereocenters. The van der Waals surface area contributed by atoms with Crippen LogP contribution in [0.3, 0.4) is 0 Å². The number of pyridine rings is 1. The summed E-state index contributed by atoms with van der Waals surface area (Å²) in [7, 11) is 1.74. The minimum Gasteiger partial charge on any atom is -0.490 e. The van der Waals surface area contributed by atoms with E-state index in [1.165, 1.54) is 6.07 Å². The first-order valence-electron chi connectivity index (χ1n) is 8.13. The Morgan fingerprint density at radius 1 is 1.30 bits per heavy atom. The van der Waals surface area contributed by atoms with Gasteiger partial charge >= 0.3 is 6.09 Å². The Labute approximate surface area is 137 Å². The van der Waals surface area contributed by atoms with Crippen LogP contribution in [0.1, 0.15) is 32.4 Å². The number of amides is 1. The molecule has 0 spiro atoms. The van der Waals surface area contributed by atoms with E-state index in [1.54, 1.807) is 16.5 Å². The summed E-state index contributed by atoms with van der Waals surface area (Å²) in [5.74, 6) is 0.940. The van der Waals surface area contributed by atoms with E-state index in [0.717, 1.165) is 18.5 Å². The van der Waals surface area contributed by atoms with Crippen LogP contribution < -0.4 is 10.3 Å². The molecule has 2 heterocycles. The lowest BCUT2D eigenvalue weighted by molar-refractivity contribution is 0.0617.